The molecule has 3 atom stereocenters. The molecule has 1 aliphatic carbocycles. The van der Waals surface area contributed by atoms with Gasteiger partial charge < -0.3 is 21.0 Å². The molecule has 1 fully saturated rings. The van der Waals surface area contributed by atoms with E-state index in [4.69, 9.17) is 15.7 Å². The van der Waals surface area contributed by atoms with E-state index in [-0.39, 0.29) is 11.8 Å². The standard InChI is InChI=1S/C10H21N3O2/c1-7(10(11)13-14)6-12-8-4-3-5-9(8)15-2/h7-9,12,14H,3-6H2,1-2H3,(H2,11,13). The van der Waals surface area contributed by atoms with E-state index in [2.05, 4.69) is 10.5 Å². The van der Waals surface area contributed by atoms with Crippen molar-refractivity contribution in [3.63, 3.8) is 0 Å². The van der Waals surface area contributed by atoms with Crippen LogP contribution in [0.15, 0.2) is 5.16 Å². The molecule has 0 aliphatic heterocycles. The van der Waals surface area contributed by atoms with Crippen LogP contribution in [-0.2, 0) is 4.74 Å². The van der Waals surface area contributed by atoms with E-state index < -0.39 is 0 Å². The van der Waals surface area contributed by atoms with Gasteiger partial charge in [0.25, 0.3) is 0 Å². The van der Waals surface area contributed by atoms with Crippen LogP contribution in [-0.4, -0.2) is 36.8 Å². The third-order valence-electron chi connectivity index (χ3n) is 3.06. The Morgan fingerprint density at radius 1 is 1.67 bits per heavy atom. The van der Waals surface area contributed by atoms with Crippen molar-refractivity contribution in [1.29, 1.82) is 0 Å². The molecule has 0 aromatic heterocycles. The number of nitrogens with zero attached hydrogens (tertiary/aromatic N) is 1. The van der Waals surface area contributed by atoms with Crippen LogP contribution in [0, 0.1) is 5.92 Å². The number of nitrogens with one attached hydrogen (secondary N) is 1. The maximum absolute atomic E-state index is 8.51. The van der Waals surface area contributed by atoms with Crippen LogP contribution in [0.25, 0.3) is 0 Å². The highest BCUT2D eigenvalue weighted by molar-refractivity contribution is 5.82. The lowest BCUT2D eigenvalue weighted by molar-refractivity contribution is 0.0847. The Balaban J connectivity index is 2.30. The van der Waals surface area contributed by atoms with Gasteiger partial charge in [0, 0.05) is 25.6 Å². The van der Waals surface area contributed by atoms with Gasteiger partial charge in [0.2, 0.25) is 0 Å². The van der Waals surface area contributed by atoms with E-state index in [0.717, 1.165) is 19.4 Å². The Bertz CT molecular complexity index is 221. The fraction of sp³-hybridized carbons (Fsp3) is 0.900. The van der Waals surface area contributed by atoms with E-state index in [1.165, 1.54) is 6.42 Å². The van der Waals surface area contributed by atoms with Crippen molar-refractivity contribution in [2.45, 2.75) is 38.3 Å². The first-order valence-corrected chi connectivity index (χ1v) is 5.42. The van der Waals surface area contributed by atoms with Gasteiger partial charge in [-0.3, -0.25) is 0 Å². The second kappa shape index (κ2) is 5.92. The molecule has 88 valence electrons. The van der Waals surface area contributed by atoms with Crippen molar-refractivity contribution < 1.29 is 9.94 Å². The first-order chi connectivity index (χ1) is 7.19. The molecule has 1 aliphatic rings. The smallest absolute Gasteiger partial charge is 0.143 e. The molecule has 0 aromatic rings. The summed E-state index contributed by atoms with van der Waals surface area (Å²) in [6, 6.07) is 0.406. The number of nitrogens with two attached hydrogens (primary N) is 1. The summed E-state index contributed by atoms with van der Waals surface area (Å²) in [6.45, 7) is 2.65. The van der Waals surface area contributed by atoms with Gasteiger partial charge in [-0.1, -0.05) is 12.1 Å². The first kappa shape index (κ1) is 12.3. The minimum Gasteiger partial charge on any atom is -0.409 e. The third kappa shape index (κ3) is 3.35. The van der Waals surface area contributed by atoms with Gasteiger partial charge in [-0.05, 0) is 19.3 Å². The molecule has 0 bridgehead atoms. The van der Waals surface area contributed by atoms with Crippen LogP contribution in [0.3, 0.4) is 0 Å². The van der Waals surface area contributed by atoms with E-state index in [1.807, 2.05) is 6.92 Å². The lowest BCUT2D eigenvalue weighted by atomic mass is 10.1. The summed E-state index contributed by atoms with van der Waals surface area (Å²) in [5.41, 5.74) is 5.50. The molecule has 5 heteroatoms. The SMILES string of the molecule is COC1CCCC1NCC(C)C(N)=NO. The molecule has 1 saturated carbocycles. The topological polar surface area (TPSA) is 79.9 Å². The van der Waals surface area contributed by atoms with Gasteiger partial charge in [0.1, 0.15) is 5.84 Å². The van der Waals surface area contributed by atoms with E-state index in [1.54, 1.807) is 7.11 Å². The monoisotopic (exact) mass is 215 g/mol. The minimum atomic E-state index is 0.0492. The zero-order valence-corrected chi connectivity index (χ0v) is 9.44. The number of hydrogen-bond acceptors (Lipinski definition) is 4. The lowest BCUT2D eigenvalue weighted by Gasteiger charge is -2.21. The van der Waals surface area contributed by atoms with Gasteiger partial charge in [-0.25, -0.2) is 0 Å². The van der Waals surface area contributed by atoms with Crippen LogP contribution < -0.4 is 11.1 Å². The second-order valence-corrected chi connectivity index (χ2v) is 4.15. The van der Waals surface area contributed by atoms with Crippen molar-refractivity contribution >= 4 is 5.84 Å². The second-order valence-electron chi connectivity index (χ2n) is 4.15. The number of oxime groups is 1. The number of rotatable bonds is 5. The van der Waals surface area contributed by atoms with Gasteiger partial charge in [-0.2, -0.15) is 0 Å². The molecule has 0 aromatic carbocycles. The Kier molecular flexibility index (Phi) is 4.84. The Morgan fingerprint density at radius 3 is 3.00 bits per heavy atom. The fourth-order valence-corrected chi connectivity index (χ4v) is 1.97. The van der Waals surface area contributed by atoms with Crippen LogP contribution >= 0.6 is 0 Å². The van der Waals surface area contributed by atoms with Crippen molar-refractivity contribution in [3.05, 3.63) is 0 Å². The highest BCUT2D eigenvalue weighted by atomic mass is 16.5. The maximum atomic E-state index is 8.51. The largest absolute Gasteiger partial charge is 0.409 e. The third-order valence-corrected chi connectivity index (χ3v) is 3.06. The maximum Gasteiger partial charge on any atom is 0.143 e. The summed E-state index contributed by atoms with van der Waals surface area (Å²) in [5.74, 6) is 0.322. The molecule has 1 rings (SSSR count). The van der Waals surface area contributed by atoms with Crippen molar-refractivity contribution in [2.75, 3.05) is 13.7 Å². The molecule has 0 heterocycles. The Morgan fingerprint density at radius 2 is 2.40 bits per heavy atom. The first-order valence-electron chi connectivity index (χ1n) is 5.42. The summed E-state index contributed by atoms with van der Waals surface area (Å²) in [7, 11) is 1.75. The summed E-state index contributed by atoms with van der Waals surface area (Å²) >= 11 is 0. The number of amidine groups is 1. The quantitative estimate of drug-likeness (QED) is 0.270. The van der Waals surface area contributed by atoms with Crippen molar-refractivity contribution in [1.82, 2.24) is 5.32 Å². The minimum absolute atomic E-state index is 0.0492. The van der Waals surface area contributed by atoms with E-state index in [9.17, 15) is 0 Å². The molecule has 3 unspecified atom stereocenters. The van der Waals surface area contributed by atoms with Crippen LogP contribution in [0.4, 0.5) is 0 Å². The molecule has 5 nitrogen and oxygen atoms in total. The summed E-state index contributed by atoms with van der Waals surface area (Å²) < 4.78 is 5.37. The molecule has 15 heavy (non-hydrogen) atoms. The molecule has 0 saturated heterocycles. The van der Waals surface area contributed by atoms with E-state index in [0.29, 0.717) is 12.1 Å². The van der Waals surface area contributed by atoms with Crippen molar-refractivity contribution in [3.8, 4) is 0 Å². The molecular weight excluding hydrogens is 194 g/mol. The van der Waals surface area contributed by atoms with Crippen molar-refractivity contribution in [2.24, 2.45) is 16.8 Å². The average Bonchev–Trinajstić information content (AvgIpc) is 2.71. The zero-order chi connectivity index (χ0) is 11.3. The van der Waals surface area contributed by atoms with Gasteiger partial charge >= 0.3 is 0 Å². The molecular formula is C10H21N3O2. The summed E-state index contributed by atoms with van der Waals surface area (Å²) in [4.78, 5) is 0. The molecule has 0 spiro atoms. The summed E-state index contributed by atoms with van der Waals surface area (Å²) in [6.07, 6.45) is 3.77. The predicted octanol–water partition coefficient (Wildman–Crippen LogP) is 0.526. The van der Waals surface area contributed by atoms with Crippen LogP contribution in [0.5, 0.6) is 0 Å². The predicted molar refractivity (Wildman–Crippen MR) is 59.0 cm³/mol. The van der Waals surface area contributed by atoms with Gasteiger partial charge in [-0.15, -0.1) is 0 Å². The Labute approximate surface area is 90.7 Å². The molecule has 4 N–H and O–H groups in total. The fourth-order valence-electron chi connectivity index (χ4n) is 1.97. The van der Waals surface area contributed by atoms with Crippen LogP contribution in [0.1, 0.15) is 26.2 Å². The molecule has 0 amide bonds. The molecule has 0 radical (unpaired) electrons. The number of hydrogen-bond donors (Lipinski definition) is 3. The zero-order valence-electron chi connectivity index (χ0n) is 9.44. The highest BCUT2D eigenvalue weighted by Gasteiger charge is 2.26. The average molecular weight is 215 g/mol. The summed E-state index contributed by atoms with van der Waals surface area (Å²) in [5, 5.41) is 14.9. The van der Waals surface area contributed by atoms with Gasteiger partial charge in [0.05, 0.1) is 6.10 Å². The highest BCUT2D eigenvalue weighted by Crippen LogP contribution is 2.21. The lowest BCUT2D eigenvalue weighted by Crippen LogP contribution is -2.41. The number of methoxy groups -OCH3 is 1. The van der Waals surface area contributed by atoms with Crippen LogP contribution in [0.2, 0.25) is 0 Å². The Hall–Kier alpha value is -0.810. The number of ether oxygens (including phenoxy) is 1. The van der Waals surface area contributed by atoms with Gasteiger partial charge in [0.15, 0.2) is 0 Å². The normalized spacial score (nSPS) is 29.3. The van der Waals surface area contributed by atoms with E-state index >= 15 is 0 Å².